The van der Waals surface area contributed by atoms with Crippen molar-refractivity contribution in [2.75, 3.05) is 33.4 Å². The summed E-state index contributed by atoms with van der Waals surface area (Å²) in [7, 11) is 1.48. The van der Waals surface area contributed by atoms with E-state index in [1.165, 1.54) is 13.2 Å². The van der Waals surface area contributed by atoms with Gasteiger partial charge in [0.25, 0.3) is 0 Å². The van der Waals surface area contributed by atoms with Gasteiger partial charge in [0.05, 0.1) is 38.4 Å². The van der Waals surface area contributed by atoms with Crippen LogP contribution in [0.1, 0.15) is 43.2 Å². The molecule has 4 N–H and O–H groups in total. The van der Waals surface area contributed by atoms with Crippen molar-refractivity contribution in [3.05, 3.63) is 47.1 Å². The maximum atomic E-state index is 13.3. The lowest BCUT2D eigenvalue weighted by atomic mass is 9.77. The van der Waals surface area contributed by atoms with Crippen molar-refractivity contribution in [1.29, 1.82) is 0 Å². The number of fused-ring (bicyclic) bond motifs is 3. The van der Waals surface area contributed by atoms with Gasteiger partial charge >= 0.3 is 0 Å². The number of nitrogens with one attached hydrogen (secondary N) is 1. The Hall–Kier alpha value is -2.92. The summed E-state index contributed by atoms with van der Waals surface area (Å²) in [6, 6.07) is 2.53. The molecule has 1 saturated heterocycles. The fourth-order valence-corrected chi connectivity index (χ4v) is 5.30. The van der Waals surface area contributed by atoms with Crippen molar-refractivity contribution < 1.29 is 39.1 Å². The normalized spacial score (nSPS) is 26.3. The highest BCUT2D eigenvalue weighted by Gasteiger charge is 2.51. The van der Waals surface area contributed by atoms with Crippen molar-refractivity contribution in [2.24, 2.45) is 0 Å². The summed E-state index contributed by atoms with van der Waals surface area (Å²) in [5, 5.41) is 33.4. The Morgan fingerprint density at radius 3 is 2.76 bits per heavy atom. The van der Waals surface area contributed by atoms with E-state index in [0.717, 1.165) is 12.8 Å². The first-order chi connectivity index (χ1) is 17.9. The molecule has 0 radical (unpaired) electrons. The summed E-state index contributed by atoms with van der Waals surface area (Å²) >= 11 is 0. The Morgan fingerprint density at radius 1 is 1.30 bits per heavy atom. The van der Waals surface area contributed by atoms with E-state index in [4.69, 9.17) is 14.2 Å². The standard InChI is InChI=1S/C27H36N2O8/c1-3-4-7-22(32)29(14-17-6-5-10-36-17)20-13-19(27(34)28-8-9-30)23-18-11-16(15-31)12-21(35-2)25(18)37-26(23)24(20)33/h4,7,11-13,17,20,23-24,26,30-31,33H,3,5-6,8-10,14-15H2,1-2H3,(H,28,34)/t17-,20+,23-,24-,26-/m0/s1. The molecule has 1 aromatic carbocycles. The molecule has 1 aliphatic carbocycles. The fourth-order valence-electron chi connectivity index (χ4n) is 5.30. The highest BCUT2D eigenvalue weighted by molar-refractivity contribution is 5.96. The van der Waals surface area contributed by atoms with Gasteiger partial charge in [-0.3, -0.25) is 9.59 Å². The second kappa shape index (κ2) is 12.1. The van der Waals surface area contributed by atoms with Crippen LogP contribution in [0.5, 0.6) is 11.5 Å². The van der Waals surface area contributed by atoms with Crippen LogP contribution in [-0.4, -0.2) is 89.8 Å². The molecule has 2 aliphatic heterocycles. The van der Waals surface area contributed by atoms with Crippen LogP contribution in [0.2, 0.25) is 0 Å². The van der Waals surface area contributed by atoms with Crippen LogP contribution in [0.15, 0.2) is 35.9 Å². The number of benzene rings is 1. The average molecular weight is 517 g/mol. The van der Waals surface area contributed by atoms with Crippen LogP contribution in [0.3, 0.4) is 0 Å². The smallest absolute Gasteiger partial charge is 0.247 e. The van der Waals surface area contributed by atoms with E-state index in [1.807, 2.05) is 6.92 Å². The lowest BCUT2D eigenvalue weighted by Gasteiger charge is -2.41. The van der Waals surface area contributed by atoms with Crippen molar-refractivity contribution in [2.45, 2.75) is 63.1 Å². The number of hydrogen-bond acceptors (Lipinski definition) is 8. The molecule has 5 atom stereocenters. The third-order valence-corrected chi connectivity index (χ3v) is 7.06. The molecule has 0 aromatic heterocycles. The fraction of sp³-hybridized carbons (Fsp3) is 0.556. The van der Waals surface area contributed by atoms with Gasteiger partial charge < -0.3 is 39.7 Å². The van der Waals surface area contributed by atoms with Gasteiger partial charge in [0.2, 0.25) is 11.8 Å². The topological polar surface area (TPSA) is 138 Å². The molecule has 1 aromatic rings. The van der Waals surface area contributed by atoms with Crippen LogP contribution < -0.4 is 14.8 Å². The molecule has 4 rings (SSSR count). The predicted octanol–water partition coefficient (Wildman–Crippen LogP) is 0.784. The number of aliphatic hydroxyl groups excluding tert-OH is 3. The molecule has 0 unspecified atom stereocenters. The lowest BCUT2D eigenvalue weighted by molar-refractivity contribution is -0.134. The minimum Gasteiger partial charge on any atom is -0.493 e. The largest absolute Gasteiger partial charge is 0.493 e. The molecule has 1 fully saturated rings. The van der Waals surface area contributed by atoms with Crippen molar-refractivity contribution in [1.82, 2.24) is 10.2 Å². The number of rotatable bonds is 10. The molecular formula is C27H36N2O8. The molecule has 2 amide bonds. The van der Waals surface area contributed by atoms with Crippen LogP contribution in [-0.2, 0) is 20.9 Å². The molecule has 37 heavy (non-hydrogen) atoms. The van der Waals surface area contributed by atoms with E-state index in [-0.39, 0.29) is 38.3 Å². The Kier molecular flexibility index (Phi) is 8.86. The zero-order chi connectivity index (χ0) is 26.5. The van der Waals surface area contributed by atoms with E-state index in [2.05, 4.69) is 5.32 Å². The van der Waals surface area contributed by atoms with E-state index >= 15 is 0 Å². The molecular weight excluding hydrogens is 480 g/mol. The number of allylic oxidation sites excluding steroid dienone is 1. The molecule has 2 heterocycles. The van der Waals surface area contributed by atoms with Gasteiger partial charge in [-0.15, -0.1) is 0 Å². The molecule has 10 nitrogen and oxygen atoms in total. The van der Waals surface area contributed by atoms with E-state index < -0.39 is 30.1 Å². The van der Waals surface area contributed by atoms with Gasteiger partial charge in [-0.1, -0.05) is 13.0 Å². The predicted molar refractivity (Wildman–Crippen MR) is 134 cm³/mol. The summed E-state index contributed by atoms with van der Waals surface area (Å²) < 4.78 is 17.5. The number of ether oxygens (including phenoxy) is 3. The van der Waals surface area contributed by atoms with Gasteiger partial charge in [0.15, 0.2) is 11.5 Å². The summed E-state index contributed by atoms with van der Waals surface area (Å²) in [4.78, 5) is 28.2. The number of hydrogen-bond donors (Lipinski definition) is 4. The first kappa shape index (κ1) is 27.1. The third kappa shape index (κ3) is 5.52. The minimum atomic E-state index is -1.16. The summed E-state index contributed by atoms with van der Waals surface area (Å²) in [5.74, 6) is -0.612. The Labute approximate surface area is 216 Å². The molecule has 0 saturated carbocycles. The molecule has 10 heteroatoms. The highest BCUT2D eigenvalue weighted by atomic mass is 16.5. The van der Waals surface area contributed by atoms with Crippen molar-refractivity contribution in [3.63, 3.8) is 0 Å². The van der Waals surface area contributed by atoms with Gasteiger partial charge in [-0.25, -0.2) is 0 Å². The SMILES string of the molecule is CCC=CC(=O)N(C[C@@H]1CCCO1)[C@@H]1C=C(C(=O)NCCO)[C@@H]2c3cc(CO)cc(OC)c3O[C@@H]2[C@H]1O. The minimum absolute atomic E-state index is 0.0479. The summed E-state index contributed by atoms with van der Waals surface area (Å²) in [6.45, 7) is 2.38. The maximum absolute atomic E-state index is 13.3. The van der Waals surface area contributed by atoms with E-state index in [9.17, 15) is 24.9 Å². The Bertz CT molecular complexity index is 1050. The lowest BCUT2D eigenvalue weighted by Crippen LogP contribution is -2.56. The average Bonchev–Trinajstić information content (AvgIpc) is 3.57. The maximum Gasteiger partial charge on any atom is 0.247 e. The zero-order valence-electron chi connectivity index (χ0n) is 21.3. The second-order valence-electron chi connectivity index (χ2n) is 9.45. The Morgan fingerprint density at radius 2 is 2.11 bits per heavy atom. The molecule has 3 aliphatic rings. The van der Waals surface area contributed by atoms with Crippen LogP contribution in [0.4, 0.5) is 0 Å². The number of amides is 2. The van der Waals surface area contributed by atoms with Gasteiger partial charge in [0, 0.05) is 30.8 Å². The molecule has 202 valence electrons. The number of aliphatic hydroxyl groups is 3. The van der Waals surface area contributed by atoms with Gasteiger partial charge in [-0.2, -0.15) is 0 Å². The van der Waals surface area contributed by atoms with Crippen LogP contribution >= 0.6 is 0 Å². The number of carbonyl (C=O) groups is 2. The van der Waals surface area contributed by atoms with E-state index in [0.29, 0.717) is 41.2 Å². The number of carbonyl (C=O) groups excluding carboxylic acids is 2. The first-order valence-electron chi connectivity index (χ1n) is 12.8. The van der Waals surface area contributed by atoms with Gasteiger partial charge in [-0.05, 0) is 49.1 Å². The number of methoxy groups -OCH3 is 1. The molecule has 0 spiro atoms. The summed E-state index contributed by atoms with van der Waals surface area (Å²) in [5.41, 5.74) is 1.50. The second-order valence-corrected chi connectivity index (χ2v) is 9.45. The van der Waals surface area contributed by atoms with Crippen LogP contribution in [0, 0.1) is 0 Å². The monoisotopic (exact) mass is 516 g/mol. The third-order valence-electron chi connectivity index (χ3n) is 7.06. The van der Waals surface area contributed by atoms with Crippen molar-refractivity contribution >= 4 is 11.8 Å². The van der Waals surface area contributed by atoms with E-state index in [1.54, 1.807) is 29.2 Å². The zero-order valence-corrected chi connectivity index (χ0v) is 21.3. The van der Waals surface area contributed by atoms with Crippen molar-refractivity contribution in [3.8, 4) is 11.5 Å². The molecule has 0 bridgehead atoms. The quantitative estimate of drug-likeness (QED) is 0.335. The summed E-state index contributed by atoms with van der Waals surface area (Å²) in [6.07, 6.45) is 5.02. The highest BCUT2D eigenvalue weighted by Crippen LogP contribution is 2.51. The van der Waals surface area contributed by atoms with Crippen LogP contribution in [0.25, 0.3) is 0 Å². The number of nitrogens with zero attached hydrogens (tertiary/aromatic N) is 1. The first-order valence-corrected chi connectivity index (χ1v) is 12.8. The Balaban J connectivity index is 1.79. The van der Waals surface area contributed by atoms with Gasteiger partial charge in [0.1, 0.15) is 12.2 Å².